The first kappa shape index (κ1) is 13.1. The van der Waals surface area contributed by atoms with Gasteiger partial charge in [0, 0.05) is 17.0 Å². The first-order valence-corrected chi connectivity index (χ1v) is 6.47. The Bertz CT molecular complexity index is 577. The number of aromatic carboxylic acids is 1. The van der Waals surface area contributed by atoms with Gasteiger partial charge in [0.25, 0.3) is 0 Å². The van der Waals surface area contributed by atoms with Gasteiger partial charge in [-0.1, -0.05) is 17.7 Å². The van der Waals surface area contributed by atoms with E-state index in [2.05, 4.69) is 0 Å². The van der Waals surface area contributed by atoms with Crippen LogP contribution in [0.4, 0.5) is 0 Å². The lowest BCUT2D eigenvalue weighted by Gasteiger charge is -2.06. The zero-order valence-electron chi connectivity index (χ0n) is 9.64. The average molecular weight is 283 g/mol. The first-order valence-electron chi connectivity index (χ1n) is 5.22. The Labute approximate surface area is 114 Å². The molecule has 18 heavy (non-hydrogen) atoms. The van der Waals surface area contributed by atoms with Crippen molar-refractivity contribution in [2.75, 3.05) is 7.11 Å². The lowest BCUT2D eigenvalue weighted by atomic mass is 10.1. The summed E-state index contributed by atoms with van der Waals surface area (Å²) in [7, 11) is 1.59. The fourth-order valence-electron chi connectivity index (χ4n) is 1.68. The van der Waals surface area contributed by atoms with Crippen LogP contribution in [-0.4, -0.2) is 18.2 Å². The van der Waals surface area contributed by atoms with Crippen LogP contribution in [0.15, 0.2) is 29.6 Å². The number of halogens is 1. The quantitative estimate of drug-likeness (QED) is 0.925. The Morgan fingerprint density at radius 1 is 1.44 bits per heavy atom. The molecule has 0 saturated carbocycles. The van der Waals surface area contributed by atoms with Gasteiger partial charge in [-0.2, -0.15) is 0 Å². The number of carboxylic acid groups (broad SMARTS) is 1. The van der Waals surface area contributed by atoms with E-state index in [0.717, 1.165) is 16.0 Å². The number of carboxylic acids is 1. The molecule has 1 aromatic heterocycles. The molecule has 0 saturated heterocycles. The second-order valence-corrected chi connectivity index (χ2v) is 5.03. The van der Waals surface area contributed by atoms with Crippen molar-refractivity contribution in [2.24, 2.45) is 0 Å². The zero-order chi connectivity index (χ0) is 13.1. The van der Waals surface area contributed by atoms with E-state index in [0.29, 0.717) is 17.2 Å². The van der Waals surface area contributed by atoms with Crippen LogP contribution in [0.3, 0.4) is 0 Å². The van der Waals surface area contributed by atoms with Gasteiger partial charge in [0.05, 0.1) is 12.2 Å². The van der Waals surface area contributed by atoms with Gasteiger partial charge in [-0.25, -0.2) is 4.79 Å². The minimum absolute atomic E-state index is 0.311. The molecular formula is C13H11ClO3S. The molecule has 0 bridgehead atoms. The molecule has 1 aromatic carbocycles. The summed E-state index contributed by atoms with van der Waals surface area (Å²) in [6.45, 7) is 0.403. The van der Waals surface area contributed by atoms with Crippen LogP contribution >= 0.6 is 22.9 Å². The number of rotatable bonds is 4. The van der Waals surface area contributed by atoms with E-state index in [1.54, 1.807) is 24.6 Å². The highest BCUT2D eigenvalue weighted by molar-refractivity contribution is 7.14. The standard InChI is InChI=1S/C13H11ClO3S/c1-17-7-9-6-8(2-3-11(9)14)12-10(13(15)16)4-5-18-12/h2-6H,7H2,1H3,(H,15,16). The molecule has 1 N–H and O–H groups in total. The summed E-state index contributed by atoms with van der Waals surface area (Å²) in [6, 6.07) is 7.05. The molecule has 2 aromatic rings. The number of benzene rings is 1. The van der Waals surface area contributed by atoms with Gasteiger partial charge in [-0.3, -0.25) is 0 Å². The molecule has 0 unspecified atom stereocenters. The van der Waals surface area contributed by atoms with E-state index in [-0.39, 0.29) is 0 Å². The van der Waals surface area contributed by atoms with Crippen molar-refractivity contribution in [3.63, 3.8) is 0 Å². The minimum atomic E-state index is -0.922. The molecule has 0 aliphatic heterocycles. The molecule has 94 valence electrons. The monoisotopic (exact) mass is 282 g/mol. The maximum absolute atomic E-state index is 11.1. The number of hydrogen-bond acceptors (Lipinski definition) is 3. The average Bonchev–Trinajstić information content (AvgIpc) is 2.81. The number of hydrogen-bond donors (Lipinski definition) is 1. The van der Waals surface area contributed by atoms with Crippen molar-refractivity contribution >= 4 is 28.9 Å². The van der Waals surface area contributed by atoms with E-state index in [1.165, 1.54) is 11.3 Å². The van der Waals surface area contributed by atoms with Crippen LogP contribution in [0.5, 0.6) is 0 Å². The molecule has 1 heterocycles. The first-order chi connectivity index (χ1) is 8.63. The van der Waals surface area contributed by atoms with Crippen LogP contribution in [0.25, 0.3) is 10.4 Å². The Kier molecular flexibility index (Phi) is 4.01. The number of methoxy groups -OCH3 is 1. The third-order valence-corrected chi connectivity index (χ3v) is 3.84. The Morgan fingerprint density at radius 3 is 2.89 bits per heavy atom. The van der Waals surface area contributed by atoms with Crippen molar-refractivity contribution in [1.82, 2.24) is 0 Å². The van der Waals surface area contributed by atoms with E-state index in [4.69, 9.17) is 21.4 Å². The summed E-state index contributed by atoms with van der Waals surface area (Å²) in [5.41, 5.74) is 2.01. The number of thiophene rings is 1. The highest BCUT2D eigenvalue weighted by Gasteiger charge is 2.14. The fourth-order valence-corrected chi connectivity index (χ4v) is 2.74. The van der Waals surface area contributed by atoms with E-state index in [1.807, 2.05) is 12.1 Å². The van der Waals surface area contributed by atoms with Crippen LogP contribution in [0, 0.1) is 0 Å². The molecule has 0 aliphatic carbocycles. The zero-order valence-corrected chi connectivity index (χ0v) is 11.2. The van der Waals surface area contributed by atoms with E-state index >= 15 is 0 Å². The third kappa shape index (κ3) is 2.56. The highest BCUT2D eigenvalue weighted by atomic mass is 35.5. The van der Waals surface area contributed by atoms with Crippen molar-refractivity contribution in [3.05, 3.63) is 45.8 Å². The maximum atomic E-state index is 11.1. The van der Waals surface area contributed by atoms with Crippen LogP contribution in [-0.2, 0) is 11.3 Å². The molecule has 0 aliphatic rings. The van der Waals surface area contributed by atoms with E-state index in [9.17, 15) is 4.79 Å². The molecular weight excluding hydrogens is 272 g/mol. The molecule has 0 atom stereocenters. The van der Waals surface area contributed by atoms with Crippen LogP contribution in [0.1, 0.15) is 15.9 Å². The van der Waals surface area contributed by atoms with Crippen molar-refractivity contribution in [3.8, 4) is 10.4 Å². The Morgan fingerprint density at radius 2 is 2.22 bits per heavy atom. The Hall–Kier alpha value is -1.36. The van der Waals surface area contributed by atoms with Gasteiger partial charge in [-0.15, -0.1) is 11.3 Å². The molecule has 0 radical (unpaired) electrons. The normalized spacial score (nSPS) is 10.6. The van der Waals surface area contributed by atoms with Gasteiger partial charge >= 0.3 is 5.97 Å². The summed E-state index contributed by atoms with van der Waals surface area (Å²) in [5.74, 6) is -0.922. The van der Waals surface area contributed by atoms with Crippen LogP contribution < -0.4 is 0 Å². The summed E-state index contributed by atoms with van der Waals surface area (Å²) in [6.07, 6.45) is 0. The van der Waals surface area contributed by atoms with Gasteiger partial charge in [0.15, 0.2) is 0 Å². The summed E-state index contributed by atoms with van der Waals surface area (Å²) in [5, 5.41) is 11.5. The molecule has 0 spiro atoms. The second kappa shape index (κ2) is 5.52. The predicted molar refractivity (Wildman–Crippen MR) is 72.4 cm³/mol. The molecule has 2 rings (SSSR count). The number of carbonyl (C=O) groups is 1. The second-order valence-electron chi connectivity index (χ2n) is 3.71. The highest BCUT2D eigenvalue weighted by Crippen LogP contribution is 2.32. The van der Waals surface area contributed by atoms with Crippen molar-refractivity contribution in [1.29, 1.82) is 0 Å². The minimum Gasteiger partial charge on any atom is -0.478 e. The largest absolute Gasteiger partial charge is 0.478 e. The van der Waals surface area contributed by atoms with Crippen molar-refractivity contribution in [2.45, 2.75) is 6.61 Å². The van der Waals surface area contributed by atoms with E-state index < -0.39 is 5.97 Å². The van der Waals surface area contributed by atoms with Gasteiger partial charge in [0.2, 0.25) is 0 Å². The fraction of sp³-hybridized carbons (Fsp3) is 0.154. The summed E-state index contributed by atoms with van der Waals surface area (Å²) in [4.78, 5) is 11.8. The molecule has 0 fully saturated rings. The topological polar surface area (TPSA) is 46.5 Å². The lowest BCUT2D eigenvalue weighted by Crippen LogP contribution is -1.96. The molecule has 0 amide bonds. The van der Waals surface area contributed by atoms with Gasteiger partial charge in [-0.05, 0) is 34.7 Å². The molecule has 3 nitrogen and oxygen atoms in total. The molecule has 5 heteroatoms. The maximum Gasteiger partial charge on any atom is 0.337 e. The van der Waals surface area contributed by atoms with Gasteiger partial charge in [0.1, 0.15) is 0 Å². The SMILES string of the molecule is COCc1cc(-c2sccc2C(=O)O)ccc1Cl. The summed E-state index contributed by atoms with van der Waals surface area (Å²) >= 11 is 7.44. The Balaban J connectivity index is 2.47. The van der Waals surface area contributed by atoms with Gasteiger partial charge < -0.3 is 9.84 Å². The lowest BCUT2D eigenvalue weighted by molar-refractivity contribution is 0.0698. The third-order valence-electron chi connectivity index (χ3n) is 2.50. The summed E-state index contributed by atoms with van der Waals surface area (Å²) < 4.78 is 5.06. The van der Waals surface area contributed by atoms with Crippen LogP contribution in [0.2, 0.25) is 5.02 Å². The van der Waals surface area contributed by atoms with Crippen molar-refractivity contribution < 1.29 is 14.6 Å². The smallest absolute Gasteiger partial charge is 0.337 e. The predicted octanol–water partition coefficient (Wildman–Crippen LogP) is 3.91. The number of ether oxygens (including phenoxy) is 1.